The number of hydrogen-bond acceptors (Lipinski definition) is 1. The van der Waals surface area contributed by atoms with Gasteiger partial charge in [-0.25, -0.2) is 0 Å². The predicted octanol–water partition coefficient (Wildman–Crippen LogP) is -7.52. The first kappa shape index (κ1) is 15.9. The molecule has 4 heteroatoms. The Bertz CT molecular complexity index is 37.0. The van der Waals surface area contributed by atoms with Gasteiger partial charge in [0.25, 0.3) is 0 Å². The normalized spacial score (nSPS) is 11.6. The van der Waals surface area contributed by atoms with Crippen molar-refractivity contribution >= 4 is 0 Å². The molecule has 0 heterocycles. The molecule has 1 atom stereocenters. The van der Waals surface area contributed by atoms with Crippen LogP contribution in [0.25, 0.3) is 0 Å². The quantitative estimate of drug-likeness (QED) is 0.409. The lowest BCUT2D eigenvalue weighted by atomic mass is 10.6. The van der Waals surface area contributed by atoms with E-state index in [1.54, 1.807) is 6.92 Å². The first-order chi connectivity index (χ1) is 2.64. The van der Waals surface area contributed by atoms with Crippen molar-refractivity contribution in [3.8, 4) is 0 Å². The van der Waals surface area contributed by atoms with Crippen molar-refractivity contribution in [3.05, 3.63) is 0 Å². The van der Waals surface area contributed by atoms with Crippen LogP contribution in [0.4, 0.5) is 0 Å². The minimum Gasteiger partial charge on any atom is -1.00 e. The number of aliphatic hydroxyl groups excluding tert-OH is 1. The molecule has 0 aliphatic heterocycles. The van der Waals surface area contributed by atoms with E-state index in [1.807, 2.05) is 14.1 Å². The van der Waals surface area contributed by atoms with Gasteiger partial charge in [0.2, 0.25) is 0 Å². The Morgan fingerprint density at radius 2 is 1.50 bits per heavy atom. The lowest BCUT2D eigenvalue weighted by molar-refractivity contribution is -0.907. The van der Waals surface area contributed by atoms with Gasteiger partial charge in [-0.2, -0.15) is 0 Å². The first-order valence-corrected chi connectivity index (χ1v) is 2.12. The Morgan fingerprint density at radius 1 is 1.38 bits per heavy atom. The Hall–Kier alpha value is 0.690. The van der Waals surface area contributed by atoms with Crippen molar-refractivity contribution in [1.82, 2.24) is 0 Å². The lowest BCUT2D eigenvalue weighted by Gasteiger charge is -2.08. The maximum Gasteiger partial charge on any atom is 0.185 e. The van der Waals surface area contributed by atoms with Crippen LogP contribution in [-0.4, -0.2) is 25.4 Å². The van der Waals surface area contributed by atoms with Crippen molar-refractivity contribution in [3.63, 3.8) is 0 Å². The van der Waals surface area contributed by atoms with Gasteiger partial charge in [-0.1, -0.05) is 0 Å². The Morgan fingerprint density at radius 3 is 1.50 bits per heavy atom. The third-order valence-electron chi connectivity index (χ3n) is 0.836. The van der Waals surface area contributed by atoms with Gasteiger partial charge < -0.3 is 39.4 Å². The van der Waals surface area contributed by atoms with Crippen LogP contribution in [0.15, 0.2) is 0 Å². The van der Waals surface area contributed by atoms with Crippen molar-refractivity contribution in [2.75, 3.05) is 14.1 Å². The van der Waals surface area contributed by atoms with Crippen LogP contribution in [0, 0.1) is 0 Å². The molecule has 0 spiro atoms. The lowest BCUT2D eigenvalue weighted by Crippen LogP contribution is -3.09. The maximum atomic E-state index is 8.59. The van der Waals surface area contributed by atoms with Crippen molar-refractivity contribution in [2.45, 2.75) is 13.2 Å². The summed E-state index contributed by atoms with van der Waals surface area (Å²) in [6.07, 6.45) is -0.231. The molecule has 0 aromatic carbocycles. The molecule has 0 aliphatic rings. The summed E-state index contributed by atoms with van der Waals surface area (Å²) in [4.78, 5) is 1.06. The standard InChI is InChI=1S/C4H11NO.BrH.ClH/c1-4(6)5(2)3;;/h4,6H,1-3H3;2*1H/p-1. The predicted molar refractivity (Wildman–Crippen MR) is 24.5 cm³/mol. The second kappa shape index (κ2) is 7.69. The number of quaternary nitrogens is 1. The van der Waals surface area contributed by atoms with E-state index in [0.29, 0.717) is 0 Å². The van der Waals surface area contributed by atoms with Gasteiger partial charge in [0.05, 0.1) is 14.1 Å². The zero-order chi connectivity index (χ0) is 5.15. The van der Waals surface area contributed by atoms with Crippen LogP contribution in [0.1, 0.15) is 6.92 Å². The van der Waals surface area contributed by atoms with Crippen LogP contribution in [0.2, 0.25) is 0 Å². The molecule has 0 saturated heterocycles. The average Bonchev–Trinajstić information content (AvgIpc) is 1.36. The van der Waals surface area contributed by atoms with Gasteiger partial charge in [-0.05, 0) is 0 Å². The number of nitrogens with one attached hydrogen (secondary N) is 1. The van der Waals surface area contributed by atoms with Crippen molar-refractivity contribution < 1.29 is 39.4 Å². The number of aliphatic hydroxyl groups is 1. The van der Waals surface area contributed by atoms with Gasteiger partial charge in [0.1, 0.15) is 0 Å². The highest BCUT2D eigenvalue weighted by atomic mass is 79.9. The molecule has 8 heavy (non-hydrogen) atoms. The van der Waals surface area contributed by atoms with Gasteiger partial charge in [0, 0.05) is 6.92 Å². The molecule has 0 bridgehead atoms. The molecule has 1 unspecified atom stereocenters. The Kier molecular flexibility index (Phi) is 15.3. The van der Waals surface area contributed by atoms with E-state index in [2.05, 4.69) is 0 Å². The molecule has 0 aromatic heterocycles. The Labute approximate surface area is 67.1 Å². The highest BCUT2D eigenvalue weighted by Crippen LogP contribution is 1.52. The third kappa shape index (κ3) is 9.85. The van der Waals surface area contributed by atoms with Crippen LogP contribution in [0.3, 0.4) is 0 Å². The van der Waals surface area contributed by atoms with Gasteiger partial charge in [-0.15, -0.1) is 0 Å². The molecule has 2 nitrogen and oxygen atoms in total. The number of rotatable bonds is 1. The summed E-state index contributed by atoms with van der Waals surface area (Å²) < 4.78 is 0. The van der Waals surface area contributed by atoms with E-state index in [0.717, 1.165) is 4.90 Å². The minimum atomic E-state index is -0.231. The van der Waals surface area contributed by atoms with E-state index in [9.17, 15) is 0 Å². The summed E-state index contributed by atoms with van der Waals surface area (Å²) in [5.74, 6) is 0. The Balaban J connectivity index is -0.000000125. The van der Waals surface area contributed by atoms with E-state index < -0.39 is 0 Å². The van der Waals surface area contributed by atoms with Crippen LogP contribution < -0.4 is 34.3 Å². The number of hydrogen-bond donors (Lipinski definition) is 2. The fourth-order valence-corrected chi connectivity index (χ4v) is 0. The zero-order valence-corrected chi connectivity index (χ0v) is 7.62. The molecule has 54 valence electrons. The second-order valence-electron chi connectivity index (χ2n) is 1.75. The summed E-state index contributed by atoms with van der Waals surface area (Å²) in [6.45, 7) is 1.76. The zero-order valence-electron chi connectivity index (χ0n) is 5.28. The maximum absolute atomic E-state index is 8.59. The summed E-state index contributed by atoms with van der Waals surface area (Å²) >= 11 is 0. The summed E-state index contributed by atoms with van der Waals surface area (Å²) in [7, 11) is 3.81. The second-order valence-corrected chi connectivity index (χ2v) is 1.75. The summed E-state index contributed by atoms with van der Waals surface area (Å²) in [6, 6.07) is 0. The van der Waals surface area contributed by atoms with E-state index >= 15 is 0 Å². The SMILES string of the molecule is CC(O)[NH+](C)C.[Br-].[Cl-]. The molecule has 0 aromatic rings. The molecule has 0 radical (unpaired) electrons. The summed E-state index contributed by atoms with van der Waals surface area (Å²) in [5.41, 5.74) is 0. The molecule has 0 rings (SSSR count). The van der Waals surface area contributed by atoms with Crippen LogP contribution in [0.5, 0.6) is 0 Å². The fourth-order valence-electron chi connectivity index (χ4n) is 0. The van der Waals surface area contributed by atoms with E-state index in [-0.39, 0.29) is 35.6 Å². The smallest absolute Gasteiger partial charge is 0.185 e. The number of halogens is 2. The van der Waals surface area contributed by atoms with E-state index in [4.69, 9.17) is 5.11 Å². The van der Waals surface area contributed by atoms with Crippen LogP contribution >= 0.6 is 0 Å². The fraction of sp³-hybridized carbons (Fsp3) is 1.00. The third-order valence-corrected chi connectivity index (χ3v) is 0.836. The molecule has 0 fully saturated rings. The molecule has 2 N–H and O–H groups in total. The average molecular weight is 206 g/mol. The minimum absolute atomic E-state index is 0. The van der Waals surface area contributed by atoms with Gasteiger partial charge in [-0.3, -0.25) is 0 Å². The van der Waals surface area contributed by atoms with Gasteiger partial charge >= 0.3 is 0 Å². The first-order valence-electron chi connectivity index (χ1n) is 2.12. The molecular formula is C4H12BrClNO-. The highest BCUT2D eigenvalue weighted by Gasteiger charge is 1.96. The van der Waals surface area contributed by atoms with Crippen molar-refractivity contribution in [2.24, 2.45) is 0 Å². The molecule has 0 aliphatic carbocycles. The monoisotopic (exact) mass is 204 g/mol. The molecule has 0 amide bonds. The topological polar surface area (TPSA) is 24.7 Å². The van der Waals surface area contributed by atoms with Gasteiger partial charge in [0.15, 0.2) is 6.23 Å². The largest absolute Gasteiger partial charge is 1.00 e. The van der Waals surface area contributed by atoms with Crippen molar-refractivity contribution in [1.29, 1.82) is 0 Å². The summed E-state index contributed by atoms with van der Waals surface area (Å²) in [5, 5.41) is 8.59. The molecular weight excluding hydrogens is 193 g/mol. The molecule has 0 saturated carbocycles. The highest BCUT2D eigenvalue weighted by molar-refractivity contribution is 4.07. The van der Waals surface area contributed by atoms with E-state index in [1.165, 1.54) is 0 Å². The van der Waals surface area contributed by atoms with Crippen LogP contribution in [-0.2, 0) is 0 Å².